The molecule has 10 nitrogen and oxygen atoms in total. The van der Waals surface area contributed by atoms with E-state index >= 15 is 0 Å². The van der Waals surface area contributed by atoms with Gasteiger partial charge >= 0.3 is 11.7 Å². The molecule has 1 saturated carbocycles. The summed E-state index contributed by atoms with van der Waals surface area (Å²) < 4.78 is 0.942. The van der Waals surface area contributed by atoms with Crippen molar-refractivity contribution in [3.8, 4) is 0 Å². The zero-order valence-electron chi connectivity index (χ0n) is 23.5. The Bertz CT molecular complexity index is 1490. The third kappa shape index (κ3) is 7.11. The first-order chi connectivity index (χ1) is 19.7. The van der Waals surface area contributed by atoms with Gasteiger partial charge in [-0.3, -0.25) is 19.2 Å². The van der Waals surface area contributed by atoms with Gasteiger partial charge in [-0.05, 0) is 55.2 Å². The molecule has 4 N–H and O–H groups in total. The van der Waals surface area contributed by atoms with E-state index in [1.165, 1.54) is 0 Å². The summed E-state index contributed by atoms with van der Waals surface area (Å²) in [6.07, 6.45) is 3.28. The Morgan fingerprint density at radius 2 is 1.63 bits per heavy atom. The number of fused-ring (bicyclic) bond motifs is 1. The first-order valence-electron chi connectivity index (χ1n) is 14.3. The van der Waals surface area contributed by atoms with Crippen LogP contribution in [-0.4, -0.2) is 45.0 Å². The Labute approximate surface area is 238 Å². The fraction of sp³-hybridized carbons (Fsp3) is 0.452. The second-order valence-corrected chi connectivity index (χ2v) is 11.0. The maximum Gasteiger partial charge on any atom is 0.329 e. The lowest BCUT2D eigenvalue weighted by Crippen LogP contribution is -2.54. The fourth-order valence-electron chi connectivity index (χ4n) is 5.52. The van der Waals surface area contributed by atoms with E-state index in [0.29, 0.717) is 44.2 Å². The predicted octanol–water partition coefficient (Wildman–Crippen LogP) is 3.01. The summed E-state index contributed by atoms with van der Waals surface area (Å²) in [6.45, 7) is 4.18. The molecule has 3 aromatic rings. The van der Waals surface area contributed by atoms with Crippen molar-refractivity contribution < 1.29 is 19.5 Å². The van der Waals surface area contributed by atoms with Crippen molar-refractivity contribution >= 4 is 28.7 Å². The molecule has 0 bridgehead atoms. The molecule has 218 valence electrons. The number of hydrogen-bond acceptors (Lipinski definition) is 5. The number of hydrogen-bond donors (Lipinski definition) is 4. The monoisotopic (exact) mass is 562 g/mol. The van der Waals surface area contributed by atoms with Crippen LogP contribution in [0.15, 0.2) is 64.2 Å². The highest BCUT2D eigenvalue weighted by atomic mass is 16.4. The number of benzene rings is 2. The van der Waals surface area contributed by atoms with E-state index in [-0.39, 0.29) is 35.5 Å². The maximum absolute atomic E-state index is 13.9. The van der Waals surface area contributed by atoms with Crippen LogP contribution in [0.3, 0.4) is 0 Å². The number of amides is 2. The van der Waals surface area contributed by atoms with E-state index in [1.807, 2.05) is 44.2 Å². The van der Waals surface area contributed by atoms with E-state index in [9.17, 15) is 29.1 Å². The SMILES string of the molecule is CC[C@H](C)[C@@H](NC(=O)[C@H](Cc1ccccc1)n1c(=O)[nH]c2ccccc2c1=O)C(=O)NCC1CCC(C(=O)O)CC1. The molecule has 0 saturated heterocycles. The largest absolute Gasteiger partial charge is 0.481 e. The minimum Gasteiger partial charge on any atom is -0.481 e. The summed E-state index contributed by atoms with van der Waals surface area (Å²) in [4.78, 5) is 67.8. The van der Waals surface area contributed by atoms with Crippen molar-refractivity contribution in [2.45, 2.75) is 64.5 Å². The average Bonchev–Trinajstić information content (AvgIpc) is 2.98. The lowest BCUT2D eigenvalue weighted by atomic mass is 9.82. The first-order valence-corrected chi connectivity index (χ1v) is 14.3. The number of nitrogens with zero attached hydrogens (tertiary/aromatic N) is 1. The van der Waals surface area contributed by atoms with Crippen molar-refractivity contribution in [1.82, 2.24) is 20.2 Å². The molecule has 1 heterocycles. The van der Waals surface area contributed by atoms with Gasteiger partial charge in [0.05, 0.1) is 16.8 Å². The highest BCUT2D eigenvalue weighted by Gasteiger charge is 2.33. The Morgan fingerprint density at radius 1 is 0.976 bits per heavy atom. The van der Waals surface area contributed by atoms with Crippen LogP contribution in [0.1, 0.15) is 57.6 Å². The minimum absolute atomic E-state index is 0.0790. The molecule has 10 heteroatoms. The highest BCUT2D eigenvalue weighted by Crippen LogP contribution is 2.28. The van der Waals surface area contributed by atoms with Crippen LogP contribution in [0.5, 0.6) is 0 Å². The maximum atomic E-state index is 13.9. The average molecular weight is 563 g/mol. The van der Waals surface area contributed by atoms with Crippen LogP contribution >= 0.6 is 0 Å². The van der Waals surface area contributed by atoms with Gasteiger partial charge in [0.1, 0.15) is 12.1 Å². The molecule has 1 aliphatic rings. The number of para-hydroxylation sites is 1. The third-order valence-corrected chi connectivity index (χ3v) is 8.28. The number of nitrogens with one attached hydrogen (secondary N) is 3. The number of aromatic amines is 1. The van der Waals surface area contributed by atoms with Crippen molar-refractivity contribution in [2.24, 2.45) is 17.8 Å². The van der Waals surface area contributed by atoms with Gasteiger partial charge in [-0.25, -0.2) is 9.36 Å². The fourth-order valence-corrected chi connectivity index (χ4v) is 5.52. The Hall–Kier alpha value is -4.21. The zero-order chi connectivity index (χ0) is 29.5. The van der Waals surface area contributed by atoms with Crippen molar-refractivity contribution in [2.75, 3.05) is 6.54 Å². The Kier molecular flexibility index (Phi) is 9.75. The van der Waals surface area contributed by atoms with Crippen molar-refractivity contribution in [1.29, 1.82) is 0 Å². The van der Waals surface area contributed by atoms with Gasteiger partial charge in [0.2, 0.25) is 11.8 Å². The standard InChI is InChI=1S/C31H38N4O6/c1-3-19(2)26(28(37)32-18-21-13-15-22(16-14-21)30(39)40)34-27(36)25(17-20-9-5-4-6-10-20)35-29(38)23-11-7-8-12-24(23)33-31(35)41/h4-12,19,21-22,25-26H,3,13-18H2,1-2H3,(H,32,37)(H,33,41)(H,34,36)(H,39,40)/t19-,21?,22?,25-,26+/m0/s1. The molecule has 2 aromatic carbocycles. The molecule has 3 atom stereocenters. The number of carbonyl (C=O) groups excluding carboxylic acids is 2. The van der Waals surface area contributed by atoms with Crippen molar-refractivity contribution in [3.05, 3.63) is 81.0 Å². The molecule has 0 unspecified atom stereocenters. The molecule has 0 spiro atoms. The number of carbonyl (C=O) groups is 3. The van der Waals surface area contributed by atoms with E-state index in [0.717, 1.165) is 10.1 Å². The molecular formula is C31H38N4O6. The molecule has 2 amide bonds. The van der Waals surface area contributed by atoms with E-state index in [2.05, 4.69) is 15.6 Å². The van der Waals surface area contributed by atoms with Gasteiger partial charge < -0.3 is 20.7 Å². The van der Waals surface area contributed by atoms with Crippen LogP contribution in [0.4, 0.5) is 0 Å². The molecule has 1 fully saturated rings. The van der Waals surface area contributed by atoms with Crippen LogP contribution in [0.25, 0.3) is 10.9 Å². The lowest BCUT2D eigenvalue weighted by Gasteiger charge is -2.29. The molecule has 41 heavy (non-hydrogen) atoms. The van der Waals surface area contributed by atoms with E-state index < -0.39 is 35.2 Å². The van der Waals surface area contributed by atoms with Crippen LogP contribution < -0.4 is 21.9 Å². The summed E-state index contributed by atoms with van der Waals surface area (Å²) in [5.74, 6) is -2.10. The summed E-state index contributed by atoms with van der Waals surface area (Å²) in [5, 5.41) is 15.3. The zero-order valence-corrected chi connectivity index (χ0v) is 23.5. The summed E-state index contributed by atoms with van der Waals surface area (Å²) in [7, 11) is 0. The lowest BCUT2D eigenvalue weighted by molar-refractivity contribution is -0.143. The topological polar surface area (TPSA) is 150 Å². The third-order valence-electron chi connectivity index (χ3n) is 8.28. The molecule has 1 aromatic heterocycles. The second-order valence-electron chi connectivity index (χ2n) is 11.0. The molecule has 4 rings (SSSR count). The molecule has 0 aliphatic heterocycles. The highest BCUT2D eigenvalue weighted by molar-refractivity contribution is 5.89. The van der Waals surface area contributed by atoms with Gasteiger partial charge in [0.15, 0.2) is 0 Å². The predicted molar refractivity (Wildman–Crippen MR) is 155 cm³/mol. The molecule has 0 radical (unpaired) electrons. The number of H-pyrrole nitrogens is 1. The number of aliphatic carboxylic acids is 1. The normalized spacial score (nSPS) is 19.2. The van der Waals surface area contributed by atoms with Gasteiger partial charge in [-0.2, -0.15) is 0 Å². The smallest absolute Gasteiger partial charge is 0.329 e. The van der Waals surface area contributed by atoms with E-state index in [4.69, 9.17) is 0 Å². The Morgan fingerprint density at radius 3 is 2.29 bits per heavy atom. The van der Waals surface area contributed by atoms with Crippen LogP contribution in [-0.2, 0) is 20.8 Å². The van der Waals surface area contributed by atoms with Gasteiger partial charge in [-0.1, -0.05) is 62.7 Å². The van der Waals surface area contributed by atoms with Gasteiger partial charge in [0, 0.05) is 13.0 Å². The first kappa shape index (κ1) is 29.8. The van der Waals surface area contributed by atoms with Crippen LogP contribution in [0, 0.1) is 17.8 Å². The number of aromatic nitrogens is 2. The van der Waals surface area contributed by atoms with Crippen molar-refractivity contribution in [3.63, 3.8) is 0 Å². The summed E-state index contributed by atoms with van der Waals surface area (Å²) in [6, 6.07) is 13.7. The molecular weight excluding hydrogens is 524 g/mol. The van der Waals surface area contributed by atoms with Gasteiger partial charge in [0.25, 0.3) is 5.56 Å². The summed E-state index contributed by atoms with van der Waals surface area (Å²) in [5.41, 5.74) is -0.145. The number of rotatable bonds is 11. The van der Waals surface area contributed by atoms with E-state index in [1.54, 1.807) is 24.3 Å². The number of carboxylic acids is 1. The Balaban J connectivity index is 1.57. The number of carboxylic acid groups (broad SMARTS) is 1. The quantitative estimate of drug-likeness (QED) is 0.282. The summed E-state index contributed by atoms with van der Waals surface area (Å²) >= 11 is 0. The molecule has 1 aliphatic carbocycles. The second kappa shape index (κ2) is 13.4. The van der Waals surface area contributed by atoms with Crippen LogP contribution in [0.2, 0.25) is 0 Å². The minimum atomic E-state index is -1.19. The van der Waals surface area contributed by atoms with Gasteiger partial charge in [-0.15, -0.1) is 0 Å².